The molecule has 1 atom stereocenters. The summed E-state index contributed by atoms with van der Waals surface area (Å²) in [4.78, 5) is 0. The molecular weight excluding hydrogens is 390 g/mol. The van der Waals surface area contributed by atoms with Gasteiger partial charge < -0.3 is 19.6 Å². The molecule has 2 rings (SSSR count). The SMILES string of the molecule is COc1c(Br)cc(Br)cc1CNCC(O)c1ccco1. The second-order valence-electron chi connectivity index (χ2n) is 4.24. The molecule has 2 aromatic rings. The van der Waals surface area contributed by atoms with Gasteiger partial charge in [-0.15, -0.1) is 0 Å². The molecule has 0 amide bonds. The lowest BCUT2D eigenvalue weighted by atomic mass is 10.2. The van der Waals surface area contributed by atoms with Crippen LogP contribution >= 0.6 is 31.9 Å². The van der Waals surface area contributed by atoms with E-state index in [1.54, 1.807) is 25.5 Å². The predicted octanol–water partition coefficient (Wildman–Crippen LogP) is 3.64. The van der Waals surface area contributed by atoms with E-state index in [0.29, 0.717) is 18.8 Å². The fourth-order valence-electron chi connectivity index (χ4n) is 1.90. The zero-order valence-electron chi connectivity index (χ0n) is 10.9. The van der Waals surface area contributed by atoms with E-state index in [4.69, 9.17) is 9.15 Å². The lowest BCUT2D eigenvalue weighted by Gasteiger charge is -2.13. The van der Waals surface area contributed by atoms with Gasteiger partial charge >= 0.3 is 0 Å². The van der Waals surface area contributed by atoms with Crippen molar-refractivity contribution in [2.75, 3.05) is 13.7 Å². The van der Waals surface area contributed by atoms with Gasteiger partial charge in [-0.25, -0.2) is 0 Å². The molecule has 0 aliphatic carbocycles. The first-order valence-corrected chi connectivity index (χ1v) is 7.64. The summed E-state index contributed by atoms with van der Waals surface area (Å²) in [7, 11) is 1.63. The number of methoxy groups -OCH3 is 1. The second kappa shape index (κ2) is 7.26. The number of aliphatic hydroxyl groups excluding tert-OH is 1. The van der Waals surface area contributed by atoms with Gasteiger partial charge in [-0.05, 0) is 40.2 Å². The molecule has 0 saturated heterocycles. The molecule has 0 aliphatic heterocycles. The predicted molar refractivity (Wildman–Crippen MR) is 83.8 cm³/mol. The van der Waals surface area contributed by atoms with E-state index in [2.05, 4.69) is 37.2 Å². The van der Waals surface area contributed by atoms with Crippen molar-refractivity contribution in [1.82, 2.24) is 5.32 Å². The van der Waals surface area contributed by atoms with Crippen LogP contribution in [0.15, 0.2) is 43.9 Å². The Bertz CT molecular complexity index is 558. The van der Waals surface area contributed by atoms with Gasteiger partial charge in [0, 0.05) is 23.1 Å². The number of nitrogens with one attached hydrogen (secondary N) is 1. The summed E-state index contributed by atoms with van der Waals surface area (Å²) in [6, 6.07) is 7.42. The number of furan rings is 1. The number of halogens is 2. The second-order valence-corrected chi connectivity index (χ2v) is 6.01. The Morgan fingerprint density at radius 3 is 2.85 bits per heavy atom. The van der Waals surface area contributed by atoms with Crippen LogP contribution in [0.2, 0.25) is 0 Å². The topological polar surface area (TPSA) is 54.6 Å². The zero-order chi connectivity index (χ0) is 14.5. The van der Waals surface area contributed by atoms with E-state index in [9.17, 15) is 5.11 Å². The minimum absolute atomic E-state index is 0.404. The number of ether oxygens (including phenoxy) is 1. The molecule has 1 aromatic carbocycles. The first kappa shape index (κ1) is 15.6. The Labute approximate surface area is 134 Å². The van der Waals surface area contributed by atoms with Crippen molar-refractivity contribution >= 4 is 31.9 Å². The van der Waals surface area contributed by atoms with Crippen molar-refractivity contribution in [2.24, 2.45) is 0 Å². The summed E-state index contributed by atoms with van der Waals surface area (Å²) in [5.74, 6) is 1.34. The summed E-state index contributed by atoms with van der Waals surface area (Å²) in [6.45, 7) is 0.986. The summed E-state index contributed by atoms with van der Waals surface area (Å²) in [5.41, 5.74) is 1.00. The van der Waals surface area contributed by atoms with Crippen LogP contribution < -0.4 is 10.1 Å². The quantitative estimate of drug-likeness (QED) is 0.771. The van der Waals surface area contributed by atoms with Gasteiger partial charge in [-0.1, -0.05) is 15.9 Å². The first-order chi connectivity index (χ1) is 9.61. The molecule has 6 heteroatoms. The Hall–Kier alpha value is -0.820. The molecule has 0 saturated carbocycles. The van der Waals surface area contributed by atoms with Gasteiger partial charge in [0.1, 0.15) is 17.6 Å². The number of aliphatic hydroxyl groups is 1. The molecule has 2 N–H and O–H groups in total. The molecule has 0 aliphatic rings. The van der Waals surface area contributed by atoms with E-state index in [-0.39, 0.29) is 0 Å². The molecule has 0 fully saturated rings. The van der Waals surface area contributed by atoms with Gasteiger partial charge in [0.2, 0.25) is 0 Å². The van der Waals surface area contributed by atoms with Crippen LogP contribution in [0, 0.1) is 0 Å². The summed E-state index contributed by atoms with van der Waals surface area (Å²) in [5, 5.41) is 13.1. The Balaban J connectivity index is 1.97. The molecule has 4 nitrogen and oxygen atoms in total. The van der Waals surface area contributed by atoms with Gasteiger partial charge in [0.15, 0.2) is 0 Å². The van der Waals surface area contributed by atoms with Crippen LogP contribution in [0.3, 0.4) is 0 Å². The highest BCUT2D eigenvalue weighted by Gasteiger charge is 2.12. The maximum atomic E-state index is 9.92. The van der Waals surface area contributed by atoms with Crippen LogP contribution in [-0.4, -0.2) is 18.8 Å². The fraction of sp³-hybridized carbons (Fsp3) is 0.286. The van der Waals surface area contributed by atoms with Gasteiger partial charge in [0.05, 0.1) is 17.8 Å². The molecule has 108 valence electrons. The summed E-state index contributed by atoms with van der Waals surface area (Å²) >= 11 is 6.91. The lowest BCUT2D eigenvalue weighted by Crippen LogP contribution is -2.21. The van der Waals surface area contributed by atoms with Crippen molar-refractivity contribution < 1.29 is 14.3 Å². The largest absolute Gasteiger partial charge is 0.495 e. The van der Waals surface area contributed by atoms with E-state index < -0.39 is 6.10 Å². The van der Waals surface area contributed by atoms with Crippen LogP contribution in [0.4, 0.5) is 0 Å². The van der Waals surface area contributed by atoms with Crippen molar-refractivity contribution in [3.8, 4) is 5.75 Å². The molecule has 0 bridgehead atoms. The Morgan fingerprint density at radius 1 is 1.40 bits per heavy atom. The van der Waals surface area contributed by atoms with Crippen molar-refractivity contribution in [3.05, 3.63) is 50.8 Å². The molecule has 1 aromatic heterocycles. The fourth-order valence-corrected chi connectivity index (χ4v) is 3.37. The Kier molecular flexibility index (Phi) is 5.65. The van der Waals surface area contributed by atoms with Crippen molar-refractivity contribution in [3.63, 3.8) is 0 Å². The van der Waals surface area contributed by atoms with E-state index in [0.717, 1.165) is 20.3 Å². The van der Waals surface area contributed by atoms with Gasteiger partial charge in [0.25, 0.3) is 0 Å². The third-order valence-electron chi connectivity index (χ3n) is 2.81. The monoisotopic (exact) mass is 403 g/mol. The molecule has 1 unspecified atom stereocenters. The minimum Gasteiger partial charge on any atom is -0.495 e. The molecular formula is C14H15Br2NO3. The average molecular weight is 405 g/mol. The molecule has 0 radical (unpaired) electrons. The van der Waals surface area contributed by atoms with Gasteiger partial charge in [-0.3, -0.25) is 0 Å². The number of hydrogen-bond acceptors (Lipinski definition) is 4. The first-order valence-electron chi connectivity index (χ1n) is 6.06. The van der Waals surface area contributed by atoms with Gasteiger partial charge in [-0.2, -0.15) is 0 Å². The highest BCUT2D eigenvalue weighted by atomic mass is 79.9. The molecule has 20 heavy (non-hydrogen) atoms. The van der Waals surface area contributed by atoms with Crippen LogP contribution in [0.1, 0.15) is 17.4 Å². The summed E-state index contributed by atoms with van der Waals surface area (Å²) < 4.78 is 12.4. The van der Waals surface area contributed by atoms with Crippen molar-refractivity contribution in [2.45, 2.75) is 12.6 Å². The maximum Gasteiger partial charge on any atom is 0.137 e. The summed E-state index contributed by atoms with van der Waals surface area (Å²) in [6.07, 6.45) is 0.888. The van der Waals surface area contributed by atoms with E-state index >= 15 is 0 Å². The lowest BCUT2D eigenvalue weighted by molar-refractivity contribution is 0.147. The van der Waals surface area contributed by atoms with Crippen LogP contribution in [0.25, 0.3) is 0 Å². The number of hydrogen-bond donors (Lipinski definition) is 2. The van der Waals surface area contributed by atoms with Crippen LogP contribution in [0.5, 0.6) is 5.75 Å². The highest BCUT2D eigenvalue weighted by molar-refractivity contribution is 9.11. The normalized spacial score (nSPS) is 12.4. The van der Waals surface area contributed by atoms with Crippen LogP contribution in [-0.2, 0) is 6.54 Å². The number of benzene rings is 1. The molecule has 1 heterocycles. The zero-order valence-corrected chi connectivity index (χ0v) is 14.1. The third-order valence-corrected chi connectivity index (χ3v) is 3.86. The van der Waals surface area contributed by atoms with E-state index in [1.165, 1.54) is 0 Å². The average Bonchev–Trinajstić information content (AvgIpc) is 2.92. The minimum atomic E-state index is -0.661. The maximum absolute atomic E-state index is 9.92. The smallest absolute Gasteiger partial charge is 0.137 e. The van der Waals surface area contributed by atoms with Crippen molar-refractivity contribution in [1.29, 1.82) is 0 Å². The molecule has 0 spiro atoms. The van der Waals surface area contributed by atoms with E-state index in [1.807, 2.05) is 12.1 Å². The highest BCUT2D eigenvalue weighted by Crippen LogP contribution is 2.32. The standard InChI is InChI=1S/C14H15Br2NO3/c1-19-14-9(5-10(15)6-11(14)16)7-17-8-12(18)13-3-2-4-20-13/h2-6,12,17-18H,7-8H2,1H3. The number of rotatable bonds is 6. The third kappa shape index (κ3) is 3.85. The Morgan fingerprint density at radius 2 is 2.20 bits per heavy atom.